The van der Waals surface area contributed by atoms with Gasteiger partial charge in [-0.15, -0.1) is 0 Å². The average molecular weight is 385 g/mol. The highest BCUT2D eigenvalue weighted by molar-refractivity contribution is 9.10. The standard InChI is InChI=1S/C14H11BrClN3OS/c15-9-2-1-3-10(8-9)20-7-6-17-13-11(16)4-5-12-14(13)19-21-18-12/h1-5,8,17H,6-7H2. The molecule has 0 spiro atoms. The Kier molecular flexibility index (Phi) is 4.57. The zero-order valence-electron chi connectivity index (χ0n) is 10.8. The van der Waals surface area contributed by atoms with Crippen molar-refractivity contribution in [1.29, 1.82) is 0 Å². The van der Waals surface area contributed by atoms with Gasteiger partial charge in [-0.25, -0.2) is 0 Å². The lowest BCUT2D eigenvalue weighted by Gasteiger charge is -2.10. The molecule has 7 heteroatoms. The third-order valence-corrected chi connectivity index (χ3v) is 4.20. The Morgan fingerprint density at radius 2 is 2.14 bits per heavy atom. The fraction of sp³-hybridized carbons (Fsp3) is 0.143. The largest absolute Gasteiger partial charge is 0.492 e. The maximum absolute atomic E-state index is 6.20. The molecule has 0 radical (unpaired) electrons. The smallest absolute Gasteiger partial charge is 0.129 e. The molecule has 1 aromatic heterocycles. The molecule has 0 atom stereocenters. The molecule has 0 aliphatic carbocycles. The minimum absolute atomic E-state index is 0.529. The third-order valence-electron chi connectivity index (χ3n) is 2.85. The second kappa shape index (κ2) is 6.60. The van der Waals surface area contributed by atoms with Gasteiger partial charge in [0.1, 0.15) is 23.4 Å². The fourth-order valence-corrected chi connectivity index (χ4v) is 3.04. The van der Waals surface area contributed by atoms with Crippen LogP contribution in [0.15, 0.2) is 40.9 Å². The Labute approximate surface area is 139 Å². The molecule has 0 unspecified atom stereocenters. The molecule has 108 valence electrons. The maximum atomic E-state index is 6.20. The molecule has 1 N–H and O–H groups in total. The Hall–Kier alpha value is -1.37. The molecule has 1 heterocycles. The minimum atomic E-state index is 0.529. The predicted octanol–water partition coefficient (Wildman–Crippen LogP) is 4.60. The molecule has 3 rings (SSSR count). The van der Waals surface area contributed by atoms with Gasteiger partial charge in [0, 0.05) is 11.0 Å². The van der Waals surface area contributed by atoms with E-state index < -0.39 is 0 Å². The summed E-state index contributed by atoms with van der Waals surface area (Å²) in [5.74, 6) is 0.825. The fourth-order valence-electron chi connectivity index (χ4n) is 1.90. The van der Waals surface area contributed by atoms with Crippen molar-refractivity contribution in [3.63, 3.8) is 0 Å². The summed E-state index contributed by atoms with van der Waals surface area (Å²) < 4.78 is 15.1. The average Bonchev–Trinajstić information content (AvgIpc) is 2.94. The molecule has 2 aromatic carbocycles. The van der Waals surface area contributed by atoms with E-state index in [1.54, 1.807) is 0 Å². The number of fused-ring (bicyclic) bond motifs is 1. The van der Waals surface area contributed by atoms with Crippen LogP contribution in [0.1, 0.15) is 0 Å². The van der Waals surface area contributed by atoms with E-state index in [1.165, 1.54) is 11.7 Å². The number of halogens is 2. The number of ether oxygens (including phenoxy) is 1. The molecule has 0 bridgehead atoms. The molecular formula is C14H11BrClN3OS. The first-order valence-electron chi connectivity index (χ1n) is 6.27. The second-order valence-corrected chi connectivity index (χ2v) is 6.14. The summed E-state index contributed by atoms with van der Waals surface area (Å²) in [5, 5.41) is 3.90. The van der Waals surface area contributed by atoms with Crippen molar-refractivity contribution in [3.05, 3.63) is 45.9 Å². The lowest BCUT2D eigenvalue weighted by Crippen LogP contribution is -2.12. The quantitative estimate of drug-likeness (QED) is 0.653. The molecule has 3 aromatic rings. The number of anilines is 1. The van der Waals surface area contributed by atoms with Crippen LogP contribution < -0.4 is 10.1 Å². The normalized spacial score (nSPS) is 10.8. The van der Waals surface area contributed by atoms with Gasteiger partial charge in [0.25, 0.3) is 0 Å². The van der Waals surface area contributed by atoms with E-state index in [4.69, 9.17) is 16.3 Å². The minimum Gasteiger partial charge on any atom is -0.492 e. The predicted molar refractivity (Wildman–Crippen MR) is 90.6 cm³/mol. The highest BCUT2D eigenvalue weighted by atomic mass is 79.9. The summed E-state index contributed by atoms with van der Waals surface area (Å²) >= 11 is 10.8. The molecule has 0 aliphatic rings. The third kappa shape index (κ3) is 3.45. The van der Waals surface area contributed by atoms with E-state index in [-0.39, 0.29) is 0 Å². The van der Waals surface area contributed by atoms with Gasteiger partial charge in [0.2, 0.25) is 0 Å². The zero-order valence-corrected chi connectivity index (χ0v) is 14.0. The van der Waals surface area contributed by atoms with E-state index in [2.05, 4.69) is 30.0 Å². The topological polar surface area (TPSA) is 47.0 Å². The van der Waals surface area contributed by atoms with Gasteiger partial charge < -0.3 is 10.1 Å². The van der Waals surface area contributed by atoms with Gasteiger partial charge in [0.05, 0.1) is 22.4 Å². The van der Waals surface area contributed by atoms with Crippen LogP contribution in [0.2, 0.25) is 5.02 Å². The molecule has 0 aliphatic heterocycles. The van der Waals surface area contributed by atoms with Crippen molar-refractivity contribution < 1.29 is 4.74 Å². The van der Waals surface area contributed by atoms with Crippen LogP contribution in [-0.4, -0.2) is 21.9 Å². The van der Waals surface area contributed by atoms with Crippen LogP contribution in [-0.2, 0) is 0 Å². The lowest BCUT2D eigenvalue weighted by molar-refractivity contribution is 0.333. The van der Waals surface area contributed by atoms with Crippen LogP contribution >= 0.6 is 39.3 Å². The summed E-state index contributed by atoms with van der Waals surface area (Å²) in [6.07, 6.45) is 0. The summed E-state index contributed by atoms with van der Waals surface area (Å²) in [7, 11) is 0. The summed E-state index contributed by atoms with van der Waals surface area (Å²) in [6, 6.07) is 11.4. The maximum Gasteiger partial charge on any atom is 0.129 e. The first-order valence-corrected chi connectivity index (χ1v) is 8.17. The second-order valence-electron chi connectivity index (χ2n) is 4.29. The van der Waals surface area contributed by atoms with Gasteiger partial charge in [0.15, 0.2) is 0 Å². The van der Waals surface area contributed by atoms with E-state index >= 15 is 0 Å². The van der Waals surface area contributed by atoms with E-state index in [0.717, 1.165) is 26.9 Å². The number of nitrogens with one attached hydrogen (secondary N) is 1. The summed E-state index contributed by atoms with van der Waals surface area (Å²) in [4.78, 5) is 0. The van der Waals surface area contributed by atoms with Crippen LogP contribution in [0, 0.1) is 0 Å². The van der Waals surface area contributed by atoms with Gasteiger partial charge in [-0.05, 0) is 30.3 Å². The molecule has 0 saturated heterocycles. The molecular weight excluding hydrogens is 374 g/mol. The molecule has 21 heavy (non-hydrogen) atoms. The number of aromatic nitrogens is 2. The van der Waals surface area contributed by atoms with Gasteiger partial charge in [-0.2, -0.15) is 8.75 Å². The number of nitrogens with zero attached hydrogens (tertiary/aromatic N) is 2. The van der Waals surface area contributed by atoms with E-state index in [1.807, 2.05) is 36.4 Å². The number of hydrogen-bond donors (Lipinski definition) is 1. The van der Waals surface area contributed by atoms with Crippen LogP contribution in [0.25, 0.3) is 11.0 Å². The van der Waals surface area contributed by atoms with Crippen molar-refractivity contribution in [3.8, 4) is 5.75 Å². The van der Waals surface area contributed by atoms with Crippen molar-refractivity contribution >= 4 is 56.0 Å². The summed E-state index contributed by atoms with van der Waals surface area (Å²) in [6.45, 7) is 1.16. The summed E-state index contributed by atoms with van der Waals surface area (Å²) in [5.41, 5.74) is 2.45. The monoisotopic (exact) mass is 383 g/mol. The Morgan fingerprint density at radius 1 is 1.24 bits per heavy atom. The van der Waals surface area contributed by atoms with Gasteiger partial charge in [-0.1, -0.05) is 33.6 Å². The Bertz CT molecular complexity index is 765. The van der Waals surface area contributed by atoms with Crippen LogP contribution in [0.4, 0.5) is 5.69 Å². The Balaban J connectivity index is 1.62. The zero-order chi connectivity index (χ0) is 14.7. The highest BCUT2D eigenvalue weighted by Gasteiger charge is 2.09. The number of benzene rings is 2. The van der Waals surface area contributed by atoms with E-state index in [0.29, 0.717) is 18.2 Å². The van der Waals surface area contributed by atoms with Crippen molar-refractivity contribution in [1.82, 2.24) is 8.75 Å². The molecule has 0 fully saturated rings. The van der Waals surface area contributed by atoms with Crippen molar-refractivity contribution in [2.75, 3.05) is 18.5 Å². The number of hydrogen-bond acceptors (Lipinski definition) is 5. The van der Waals surface area contributed by atoms with Gasteiger partial charge >= 0.3 is 0 Å². The number of rotatable bonds is 5. The van der Waals surface area contributed by atoms with Crippen LogP contribution in [0.5, 0.6) is 5.75 Å². The molecule has 0 saturated carbocycles. The Morgan fingerprint density at radius 3 is 3.00 bits per heavy atom. The molecule has 0 amide bonds. The van der Waals surface area contributed by atoms with Gasteiger partial charge in [-0.3, -0.25) is 0 Å². The molecule has 4 nitrogen and oxygen atoms in total. The van der Waals surface area contributed by atoms with Crippen molar-refractivity contribution in [2.24, 2.45) is 0 Å². The first kappa shape index (κ1) is 14.6. The first-order chi connectivity index (χ1) is 10.2. The SMILES string of the molecule is Clc1ccc2nsnc2c1NCCOc1cccc(Br)c1. The van der Waals surface area contributed by atoms with Crippen molar-refractivity contribution in [2.45, 2.75) is 0 Å². The van der Waals surface area contributed by atoms with E-state index in [9.17, 15) is 0 Å². The highest BCUT2D eigenvalue weighted by Crippen LogP contribution is 2.29. The lowest BCUT2D eigenvalue weighted by atomic mass is 10.2. The van der Waals surface area contributed by atoms with Crippen LogP contribution in [0.3, 0.4) is 0 Å².